The van der Waals surface area contributed by atoms with Gasteiger partial charge < -0.3 is 14.1 Å². The average Bonchev–Trinajstić information content (AvgIpc) is 3.24. The summed E-state index contributed by atoms with van der Waals surface area (Å²) in [4.78, 5) is 17.1. The van der Waals surface area contributed by atoms with Crippen molar-refractivity contribution in [3.05, 3.63) is 86.7 Å². The van der Waals surface area contributed by atoms with Gasteiger partial charge in [-0.3, -0.25) is 9.69 Å². The minimum atomic E-state index is -0.0801. The van der Waals surface area contributed by atoms with Gasteiger partial charge >= 0.3 is 0 Å². The fourth-order valence-corrected chi connectivity index (χ4v) is 4.33. The fraction of sp³-hybridized carbons (Fsp3) is 0.292. The first kappa shape index (κ1) is 21.9. The lowest BCUT2D eigenvalue weighted by Crippen LogP contribution is -2.48. The minimum absolute atomic E-state index is 0.0801. The van der Waals surface area contributed by atoms with Gasteiger partial charge in [0.1, 0.15) is 18.1 Å². The standard InChI is InChI=1S/C24H24BrClN2O3/c1-17-4-2-3-5-18(17)15-27-10-12-28(13-11-27)24(29)23-9-7-20(31-23)16-30-22-8-6-19(25)14-21(22)26/h2-9,14H,10-13,15-16H2,1H3. The lowest BCUT2D eigenvalue weighted by molar-refractivity contribution is 0.0594. The number of amides is 1. The molecule has 1 aliphatic rings. The maximum atomic E-state index is 12.8. The number of carbonyl (C=O) groups is 1. The van der Waals surface area contributed by atoms with Crippen LogP contribution >= 0.6 is 27.5 Å². The van der Waals surface area contributed by atoms with Crippen LogP contribution in [-0.4, -0.2) is 41.9 Å². The van der Waals surface area contributed by atoms with Gasteiger partial charge in [0, 0.05) is 37.2 Å². The molecule has 2 heterocycles. The predicted octanol–water partition coefficient (Wildman–Crippen LogP) is 5.54. The van der Waals surface area contributed by atoms with Crippen LogP contribution in [0.25, 0.3) is 0 Å². The van der Waals surface area contributed by atoms with E-state index in [0.29, 0.717) is 35.4 Å². The lowest BCUT2D eigenvalue weighted by Gasteiger charge is -2.34. The van der Waals surface area contributed by atoms with Gasteiger partial charge in [0.25, 0.3) is 5.91 Å². The number of hydrogen-bond acceptors (Lipinski definition) is 4. The molecular formula is C24H24BrClN2O3. The molecule has 0 saturated carbocycles. The smallest absolute Gasteiger partial charge is 0.289 e. The van der Waals surface area contributed by atoms with E-state index in [4.69, 9.17) is 20.8 Å². The highest BCUT2D eigenvalue weighted by Gasteiger charge is 2.24. The molecule has 1 amide bonds. The maximum absolute atomic E-state index is 12.8. The van der Waals surface area contributed by atoms with Crippen LogP contribution in [-0.2, 0) is 13.2 Å². The van der Waals surface area contributed by atoms with Crippen molar-refractivity contribution in [2.24, 2.45) is 0 Å². The molecule has 1 saturated heterocycles. The lowest BCUT2D eigenvalue weighted by atomic mass is 10.1. The van der Waals surface area contributed by atoms with Gasteiger partial charge in [-0.1, -0.05) is 51.8 Å². The van der Waals surface area contributed by atoms with Crippen molar-refractivity contribution >= 4 is 33.4 Å². The first-order valence-corrected chi connectivity index (χ1v) is 11.4. The van der Waals surface area contributed by atoms with Gasteiger partial charge in [-0.15, -0.1) is 0 Å². The summed E-state index contributed by atoms with van der Waals surface area (Å²) >= 11 is 9.54. The third-order valence-electron chi connectivity index (χ3n) is 5.45. The largest absolute Gasteiger partial charge is 0.484 e. The molecule has 0 radical (unpaired) electrons. The van der Waals surface area contributed by atoms with Gasteiger partial charge in [0.05, 0.1) is 5.02 Å². The Morgan fingerprint density at radius 3 is 2.61 bits per heavy atom. The summed E-state index contributed by atoms with van der Waals surface area (Å²) in [5.74, 6) is 1.41. The van der Waals surface area contributed by atoms with Crippen molar-refractivity contribution in [1.82, 2.24) is 9.80 Å². The van der Waals surface area contributed by atoms with Crippen LogP contribution < -0.4 is 4.74 Å². The number of carbonyl (C=O) groups excluding carboxylic acids is 1. The van der Waals surface area contributed by atoms with Crippen molar-refractivity contribution in [3.8, 4) is 5.75 Å². The van der Waals surface area contributed by atoms with E-state index in [-0.39, 0.29) is 12.5 Å². The van der Waals surface area contributed by atoms with Crippen LogP contribution in [0.3, 0.4) is 0 Å². The number of benzene rings is 2. The second kappa shape index (κ2) is 9.90. The topological polar surface area (TPSA) is 45.9 Å². The van der Waals surface area contributed by atoms with Crippen molar-refractivity contribution < 1.29 is 13.9 Å². The molecule has 4 rings (SSSR count). The van der Waals surface area contributed by atoms with Crippen molar-refractivity contribution in [2.45, 2.75) is 20.1 Å². The third kappa shape index (κ3) is 5.50. The van der Waals surface area contributed by atoms with Gasteiger partial charge in [0.2, 0.25) is 0 Å². The highest BCUT2D eigenvalue weighted by Crippen LogP contribution is 2.28. The fourth-order valence-electron chi connectivity index (χ4n) is 3.60. The monoisotopic (exact) mass is 502 g/mol. The van der Waals surface area contributed by atoms with Crippen LogP contribution in [0.1, 0.15) is 27.4 Å². The molecule has 0 unspecified atom stereocenters. The molecule has 3 aromatic rings. The molecule has 1 fully saturated rings. The van der Waals surface area contributed by atoms with Crippen LogP contribution in [0.2, 0.25) is 5.02 Å². The number of ether oxygens (including phenoxy) is 1. The SMILES string of the molecule is Cc1ccccc1CN1CCN(C(=O)c2ccc(COc3ccc(Br)cc3Cl)o2)CC1. The van der Waals surface area contributed by atoms with Gasteiger partial charge in [-0.25, -0.2) is 0 Å². The molecular weight excluding hydrogens is 480 g/mol. The van der Waals surface area contributed by atoms with E-state index < -0.39 is 0 Å². The van der Waals surface area contributed by atoms with Crippen molar-refractivity contribution in [1.29, 1.82) is 0 Å². The van der Waals surface area contributed by atoms with E-state index in [1.165, 1.54) is 11.1 Å². The van der Waals surface area contributed by atoms with Crippen molar-refractivity contribution in [3.63, 3.8) is 0 Å². The molecule has 0 spiro atoms. The Morgan fingerprint density at radius 2 is 1.87 bits per heavy atom. The van der Waals surface area contributed by atoms with Gasteiger partial charge in [-0.2, -0.15) is 0 Å². The first-order chi connectivity index (χ1) is 15.0. The summed E-state index contributed by atoms with van der Waals surface area (Å²) in [6, 6.07) is 17.3. The number of aryl methyl sites for hydroxylation is 1. The Morgan fingerprint density at radius 1 is 1.10 bits per heavy atom. The highest BCUT2D eigenvalue weighted by molar-refractivity contribution is 9.10. The normalized spacial score (nSPS) is 14.6. The Balaban J connectivity index is 1.29. The zero-order chi connectivity index (χ0) is 21.8. The molecule has 2 aromatic carbocycles. The molecule has 0 aliphatic carbocycles. The number of rotatable bonds is 6. The number of furan rings is 1. The quantitative estimate of drug-likeness (QED) is 0.443. The Kier molecular flexibility index (Phi) is 7.00. The van der Waals surface area contributed by atoms with E-state index >= 15 is 0 Å². The van der Waals surface area contributed by atoms with Gasteiger partial charge in [0.15, 0.2) is 5.76 Å². The summed E-state index contributed by atoms with van der Waals surface area (Å²) in [5.41, 5.74) is 2.64. The number of hydrogen-bond donors (Lipinski definition) is 0. The van der Waals surface area contributed by atoms with E-state index in [9.17, 15) is 4.79 Å². The molecule has 7 heteroatoms. The second-order valence-corrected chi connectivity index (χ2v) is 8.95. The van der Waals surface area contributed by atoms with Crippen LogP contribution in [0, 0.1) is 6.92 Å². The summed E-state index contributed by atoms with van der Waals surface area (Å²) in [6.45, 7) is 6.32. The number of piperazine rings is 1. The van der Waals surface area contributed by atoms with Crippen molar-refractivity contribution in [2.75, 3.05) is 26.2 Å². The molecule has 31 heavy (non-hydrogen) atoms. The Labute approximate surface area is 195 Å². The second-order valence-electron chi connectivity index (χ2n) is 7.62. The molecule has 5 nitrogen and oxygen atoms in total. The van der Waals surface area contributed by atoms with E-state index in [1.807, 2.05) is 11.0 Å². The summed E-state index contributed by atoms with van der Waals surface area (Å²) < 4.78 is 12.3. The summed E-state index contributed by atoms with van der Waals surface area (Å²) in [5, 5.41) is 0.515. The zero-order valence-electron chi connectivity index (χ0n) is 17.3. The van der Waals surface area contributed by atoms with Crippen LogP contribution in [0.5, 0.6) is 5.75 Å². The molecule has 0 N–H and O–H groups in total. The van der Waals surface area contributed by atoms with Crippen LogP contribution in [0.4, 0.5) is 0 Å². The maximum Gasteiger partial charge on any atom is 0.289 e. The van der Waals surface area contributed by atoms with E-state index in [0.717, 1.165) is 24.1 Å². The minimum Gasteiger partial charge on any atom is -0.484 e. The molecule has 162 valence electrons. The Hall–Kier alpha value is -2.28. The Bertz CT molecular complexity index is 1060. The van der Waals surface area contributed by atoms with Gasteiger partial charge in [-0.05, 0) is 48.4 Å². The summed E-state index contributed by atoms with van der Waals surface area (Å²) in [6.07, 6.45) is 0. The van der Waals surface area contributed by atoms with E-state index in [2.05, 4.69) is 52.0 Å². The molecule has 0 bridgehead atoms. The van der Waals surface area contributed by atoms with Crippen LogP contribution in [0.15, 0.2) is 63.5 Å². The first-order valence-electron chi connectivity index (χ1n) is 10.2. The predicted molar refractivity (Wildman–Crippen MR) is 125 cm³/mol. The number of halogens is 2. The molecule has 1 aromatic heterocycles. The summed E-state index contributed by atoms with van der Waals surface area (Å²) in [7, 11) is 0. The molecule has 1 aliphatic heterocycles. The zero-order valence-corrected chi connectivity index (χ0v) is 19.7. The molecule has 0 atom stereocenters. The average molecular weight is 504 g/mol. The third-order valence-corrected chi connectivity index (χ3v) is 6.24. The van der Waals surface area contributed by atoms with E-state index in [1.54, 1.807) is 24.3 Å². The highest BCUT2D eigenvalue weighted by atomic mass is 79.9. The number of nitrogens with zero attached hydrogens (tertiary/aromatic N) is 2.